The predicted octanol–water partition coefficient (Wildman–Crippen LogP) is 4.22. The van der Waals surface area contributed by atoms with E-state index < -0.39 is 18.2 Å². The highest BCUT2D eigenvalue weighted by Crippen LogP contribution is 2.29. The zero-order chi connectivity index (χ0) is 18.1. The Labute approximate surface area is 145 Å². The Balaban J connectivity index is 1.81. The molecule has 3 aromatic heterocycles. The summed E-state index contributed by atoms with van der Waals surface area (Å²) in [6, 6.07) is 11.0. The zero-order valence-electron chi connectivity index (χ0n) is 13.2. The highest BCUT2D eigenvalue weighted by atomic mass is 19.3. The molecular formula is C18H11F3N4O. The fourth-order valence-electron chi connectivity index (χ4n) is 2.60. The molecule has 26 heavy (non-hydrogen) atoms. The summed E-state index contributed by atoms with van der Waals surface area (Å²) in [4.78, 5) is 8.57. The molecule has 1 aromatic carbocycles. The third-order valence-corrected chi connectivity index (χ3v) is 3.77. The zero-order valence-corrected chi connectivity index (χ0v) is 13.2. The largest absolute Gasteiger partial charge is 0.432 e. The van der Waals surface area contributed by atoms with Crippen molar-refractivity contribution < 1.29 is 17.9 Å². The van der Waals surface area contributed by atoms with Crippen molar-refractivity contribution in [1.82, 2.24) is 19.7 Å². The van der Waals surface area contributed by atoms with Crippen LogP contribution >= 0.6 is 0 Å². The van der Waals surface area contributed by atoms with Gasteiger partial charge in [-0.25, -0.2) is 14.1 Å². The number of ether oxygens (including phenoxy) is 1. The lowest BCUT2D eigenvalue weighted by atomic mass is 10.1. The lowest BCUT2D eigenvalue weighted by molar-refractivity contribution is -0.0521. The molecule has 3 heterocycles. The molecule has 0 radical (unpaired) electrons. The number of halogens is 3. The van der Waals surface area contributed by atoms with Crippen molar-refractivity contribution in [3.63, 3.8) is 0 Å². The lowest BCUT2D eigenvalue weighted by Gasteiger charge is -2.09. The van der Waals surface area contributed by atoms with Gasteiger partial charge in [0.2, 0.25) is 0 Å². The molecule has 0 aliphatic rings. The number of benzene rings is 1. The summed E-state index contributed by atoms with van der Waals surface area (Å²) in [7, 11) is 0. The van der Waals surface area contributed by atoms with Crippen LogP contribution in [0.15, 0.2) is 61.1 Å². The molecule has 4 aromatic rings. The number of pyridine rings is 2. The minimum absolute atomic E-state index is 0.491. The van der Waals surface area contributed by atoms with Crippen molar-refractivity contribution in [3.8, 4) is 22.7 Å². The lowest BCUT2D eigenvalue weighted by Crippen LogP contribution is -2.03. The molecule has 0 unspecified atom stereocenters. The van der Waals surface area contributed by atoms with Crippen LogP contribution in [0.25, 0.3) is 28.0 Å². The molecule has 0 aliphatic carbocycles. The summed E-state index contributed by atoms with van der Waals surface area (Å²) in [5.74, 6) is -0.764. The van der Waals surface area contributed by atoms with Crippen LogP contribution in [-0.2, 0) is 0 Å². The van der Waals surface area contributed by atoms with Gasteiger partial charge in [0.05, 0.1) is 11.7 Å². The van der Waals surface area contributed by atoms with E-state index in [0.717, 1.165) is 6.07 Å². The number of aromatic nitrogens is 4. The van der Waals surface area contributed by atoms with Gasteiger partial charge in [0.25, 0.3) is 0 Å². The maximum atomic E-state index is 13.6. The number of hydrogen-bond donors (Lipinski definition) is 0. The molecule has 0 bridgehead atoms. The molecule has 0 fully saturated rings. The second-order valence-electron chi connectivity index (χ2n) is 5.40. The molecule has 8 heteroatoms. The van der Waals surface area contributed by atoms with E-state index in [1.165, 1.54) is 12.1 Å². The first-order valence-corrected chi connectivity index (χ1v) is 7.62. The molecular weight excluding hydrogens is 345 g/mol. The third-order valence-electron chi connectivity index (χ3n) is 3.77. The first-order chi connectivity index (χ1) is 12.6. The minimum atomic E-state index is -3.11. The van der Waals surface area contributed by atoms with E-state index in [9.17, 15) is 13.2 Å². The van der Waals surface area contributed by atoms with E-state index in [2.05, 4.69) is 19.8 Å². The summed E-state index contributed by atoms with van der Waals surface area (Å²) >= 11 is 0. The van der Waals surface area contributed by atoms with Gasteiger partial charge in [-0.15, -0.1) is 0 Å². The van der Waals surface area contributed by atoms with Gasteiger partial charge < -0.3 is 4.74 Å². The molecule has 0 amide bonds. The van der Waals surface area contributed by atoms with Crippen LogP contribution in [0.1, 0.15) is 0 Å². The van der Waals surface area contributed by atoms with E-state index in [-0.39, 0.29) is 0 Å². The highest BCUT2D eigenvalue weighted by molar-refractivity contribution is 5.81. The van der Waals surface area contributed by atoms with E-state index in [1.54, 1.807) is 41.5 Å². The van der Waals surface area contributed by atoms with Gasteiger partial charge in [-0.1, -0.05) is 12.1 Å². The van der Waals surface area contributed by atoms with Crippen LogP contribution < -0.4 is 4.74 Å². The quantitative estimate of drug-likeness (QED) is 0.549. The normalized spacial score (nSPS) is 11.2. The topological polar surface area (TPSA) is 52.8 Å². The average Bonchev–Trinajstić information content (AvgIpc) is 3.07. The fourth-order valence-corrected chi connectivity index (χ4v) is 2.60. The molecule has 0 saturated heterocycles. The van der Waals surface area contributed by atoms with Crippen LogP contribution in [-0.4, -0.2) is 26.4 Å². The molecule has 0 atom stereocenters. The van der Waals surface area contributed by atoms with Crippen molar-refractivity contribution in [2.75, 3.05) is 0 Å². The van der Waals surface area contributed by atoms with Gasteiger partial charge in [-0.3, -0.25) is 4.98 Å². The van der Waals surface area contributed by atoms with Gasteiger partial charge in [-0.2, -0.15) is 13.9 Å². The highest BCUT2D eigenvalue weighted by Gasteiger charge is 2.13. The maximum absolute atomic E-state index is 13.6. The van der Waals surface area contributed by atoms with Crippen LogP contribution in [0.4, 0.5) is 13.2 Å². The fraction of sp³-hybridized carbons (Fsp3) is 0.0556. The van der Waals surface area contributed by atoms with Crippen molar-refractivity contribution in [1.29, 1.82) is 0 Å². The summed E-state index contributed by atoms with van der Waals surface area (Å²) in [6.45, 7) is -3.11. The Bertz CT molecular complexity index is 1070. The molecule has 0 spiro atoms. The second kappa shape index (κ2) is 6.47. The number of nitrogens with zero attached hydrogens (tertiary/aromatic N) is 4. The number of hydrogen-bond acceptors (Lipinski definition) is 4. The Kier molecular flexibility index (Phi) is 4.00. The third kappa shape index (κ3) is 2.97. The Morgan fingerprint density at radius 3 is 2.62 bits per heavy atom. The SMILES string of the molecule is Fc1ccc(-c2cnc3cnn(-c4ccccn4)c3c2)cc1OC(F)F. The standard InChI is InChI=1S/C18H11F3N4O/c19-13-5-4-11(8-16(13)26-18(20)21)12-7-15-14(23-9-12)10-24-25(15)17-3-1-2-6-22-17/h1-10,18H. The number of alkyl halides is 2. The van der Waals surface area contributed by atoms with Crippen LogP contribution in [0, 0.1) is 5.82 Å². The van der Waals surface area contributed by atoms with E-state index in [4.69, 9.17) is 0 Å². The first-order valence-electron chi connectivity index (χ1n) is 7.62. The monoisotopic (exact) mass is 356 g/mol. The predicted molar refractivity (Wildman–Crippen MR) is 88.7 cm³/mol. The van der Waals surface area contributed by atoms with Crippen LogP contribution in [0.3, 0.4) is 0 Å². The van der Waals surface area contributed by atoms with Gasteiger partial charge in [0.1, 0.15) is 5.52 Å². The molecule has 0 N–H and O–H groups in total. The first kappa shape index (κ1) is 16.1. The van der Waals surface area contributed by atoms with Crippen molar-refractivity contribution >= 4 is 11.0 Å². The Morgan fingerprint density at radius 1 is 0.962 bits per heavy atom. The van der Waals surface area contributed by atoms with Gasteiger partial charge in [0, 0.05) is 18.0 Å². The van der Waals surface area contributed by atoms with Gasteiger partial charge >= 0.3 is 6.61 Å². The van der Waals surface area contributed by atoms with Crippen LogP contribution in [0.5, 0.6) is 5.75 Å². The van der Waals surface area contributed by atoms with Crippen molar-refractivity contribution in [3.05, 3.63) is 66.9 Å². The smallest absolute Gasteiger partial charge is 0.387 e. The summed E-state index contributed by atoms with van der Waals surface area (Å²) < 4.78 is 44.3. The van der Waals surface area contributed by atoms with Crippen molar-refractivity contribution in [2.24, 2.45) is 0 Å². The van der Waals surface area contributed by atoms with E-state index >= 15 is 0 Å². The molecule has 5 nitrogen and oxygen atoms in total. The Morgan fingerprint density at radius 2 is 1.85 bits per heavy atom. The average molecular weight is 356 g/mol. The molecule has 0 saturated carbocycles. The number of fused-ring (bicyclic) bond motifs is 1. The van der Waals surface area contributed by atoms with Gasteiger partial charge in [-0.05, 0) is 35.9 Å². The van der Waals surface area contributed by atoms with Crippen LogP contribution in [0.2, 0.25) is 0 Å². The van der Waals surface area contributed by atoms with Gasteiger partial charge in [0.15, 0.2) is 17.4 Å². The maximum Gasteiger partial charge on any atom is 0.387 e. The molecule has 130 valence electrons. The van der Waals surface area contributed by atoms with Crippen molar-refractivity contribution in [2.45, 2.75) is 6.61 Å². The molecule has 4 rings (SSSR count). The summed E-state index contributed by atoms with van der Waals surface area (Å²) in [6.07, 6.45) is 4.81. The molecule has 0 aliphatic heterocycles. The van der Waals surface area contributed by atoms with E-state index in [1.807, 2.05) is 6.07 Å². The Hall–Kier alpha value is -3.42. The van der Waals surface area contributed by atoms with E-state index in [0.29, 0.717) is 28.0 Å². The summed E-state index contributed by atoms with van der Waals surface area (Å²) in [5.41, 5.74) is 2.42. The second-order valence-corrected chi connectivity index (χ2v) is 5.40. The number of rotatable bonds is 4. The minimum Gasteiger partial charge on any atom is -0.432 e. The summed E-state index contributed by atoms with van der Waals surface area (Å²) in [5, 5.41) is 4.28.